The highest BCUT2D eigenvalue weighted by atomic mass is 16.7. The van der Waals surface area contributed by atoms with Crippen molar-refractivity contribution in [2.24, 2.45) is 58.7 Å². The smallest absolute Gasteiger partial charge is 0.240 e. The third-order valence-corrected chi connectivity index (χ3v) is 16.6. The van der Waals surface area contributed by atoms with Crippen LogP contribution in [0.5, 0.6) is 0 Å². The molecule has 7 rings (SSSR count). The van der Waals surface area contributed by atoms with Gasteiger partial charge in [0.2, 0.25) is 11.8 Å². The van der Waals surface area contributed by atoms with Gasteiger partial charge in [0.15, 0.2) is 0 Å². The van der Waals surface area contributed by atoms with Crippen molar-refractivity contribution >= 4 is 11.8 Å². The van der Waals surface area contributed by atoms with E-state index in [0.717, 1.165) is 83.6 Å². The average molecular weight is 804 g/mol. The molecule has 12 nitrogen and oxygen atoms in total. The molecule has 9 unspecified atom stereocenters. The van der Waals surface area contributed by atoms with Crippen molar-refractivity contribution in [3.8, 4) is 0 Å². The van der Waals surface area contributed by atoms with E-state index >= 15 is 0 Å². The van der Waals surface area contributed by atoms with E-state index in [1.54, 1.807) is 19.1 Å². The molecule has 7 fully saturated rings. The van der Waals surface area contributed by atoms with Crippen LogP contribution in [0.15, 0.2) is 0 Å². The molecule has 1 heterocycles. The number of ether oxygens (including phenoxy) is 1. The lowest BCUT2D eigenvalue weighted by atomic mass is 9.45. The number of nitrogens with zero attached hydrogens (tertiary/aromatic N) is 3. The lowest BCUT2D eigenvalue weighted by molar-refractivity contribution is -0.193. The first-order valence-corrected chi connectivity index (χ1v) is 22.9. The molecule has 328 valence electrons. The highest BCUT2D eigenvalue weighted by Crippen LogP contribution is 2.61. The molecule has 6 aliphatic carbocycles. The quantitative estimate of drug-likeness (QED) is 0.165. The Morgan fingerprint density at radius 1 is 0.965 bits per heavy atom. The van der Waals surface area contributed by atoms with Gasteiger partial charge in [-0.2, -0.15) is 5.06 Å². The molecule has 5 N–H and O–H groups in total. The van der Waals surface area contributed by atoms with Crippen LogP contribution >= 0.6 is 0 Å². The van der Waals surface area contributed by atoms with Gasteiger partial charge in [0, 0.05) is 56.1 Å². The first-order valence-electron chi connectivity index (χ1n) is 22.9. The van der Waals surface area contributed by atoms with Gasteiger partial charge in [0.25, 0.3) is 0 Å². The molecule has 1 saturated heterocycles. The maximum absolute atomic E-state index is 14.4. The van der Waals surface area contributed by atoms with Crippen LogP contribution in [-0.2, 0) is 19.2 Å². The predicted molar refractivity (Wildman–Crippen MR) is 222 cm³/mol. The second-order valence-corrected chi connectivity index (χ2v) is 20.9. The van der Waals surface area contributed by atoms with Crippen LogP contribution in [0.25, 0.3) is 0 Å². The van der Waals surface area contributed by atoms with E-state index in [1.165, 1.54) is 6.42 Å². The fourth-order valence-corrected chi connectivity index (χ4v) is 13.2. The second kappa shape index (κ2) is 19.1. The molecule has 7 aliphatic rings. The van der Waals surface area contributed by atoms with Crippen molar-refractivity contribution < 1.29 is 34.5 Å². The number of aliphatic hydroxyl groups is 3. The number of hydrogen-bond acceptors (Lipinski definition) is 10. The molecule has 2 amide bonds. The minimum atomic E-state index is -0.838. The summed E-state index contributed by atoms with van der Waals surface area (Å²) >= 11 is 0. The summed E-state index contributed by atoms with van der Waals surface area (Å²) in [5, 5.41) is 41.0. The first-order chi connectivity index (χ1) is 27.0. The topological polar surface area (TPSA) is 147 Å². The van der Waals surface area contributed by atoms with E-state index in [0.29, 0.717) is 35.6 Å². The van der Waals surface area contributed by atoms with Crippen molar-refractivity contribution in [3.63, 3.8) is 0 Å². The van der Waals surface area contributed by atoms with Crippen LogP contribution < -0.4 is 10.6 Å². The Bertz CT molecular complexity index is 1330. The molecule has 0 spiro atoms. The Balaban J connectivity index is 1.16. The lowest BCUT2D eigenvalue weighted by Gasteiger charge is -2.62. The van der Waals surface area contributed by atoms with Crippen LogP contribution in [0.4, 0.5) is 0 Å². The number of nitrogens with one attached hydrogen (secondary N) is 2. The number of carbonyl (C=O) groups excluding carboxylic acids is 2. The SMILES string of the molecule is COC1C(CN2O[C@@H](CO)[C@@H]([C@H](C)O)[C@H]2C(=O)N[C@H]2C[C@H]3C[C@@H]([C@@H]2C)C3(C)C)CCCC1C1CC(C(=O)NC(CC2CCCCC2O)CN(C)C)CC(N(C)C)C1. The third kappa shape index (κ3) is 9.90. The summed E-state index contributed by atoms with van der Waals surface area (Å²) in [5.74, 6) is 1.76. The summed E-state index contributed by atoms with van der Waals surface area (Å²) in [6.07, 6.45) is 10.8. The van der Waals surface area contributed by atoms with Crippen molar-refractivity contribution in [2.75, 3.05) is 55.0 Å². The van der Waals surface area contributed by atoms with Crippen molar-refractivity contribution in [1.82, 2.24) is 25.5 Å². The Morgan fingerprint density at radius 2 is 1.68 bits per heavy atom. The zero-order valence-electron chi connectivity index (χ0n) is 36.9. The molecule has 0 aromatic rings. The normalized spacial score (nSPS) is 42.0. The summed E-state index contributed by atoms with van der Waals surface area (Å²) in [5.41, 5.74) is 0.308. The molecule has 1 aliphatic heterocycles. The third-order valence-electron chi connectivity index (χ3n) is 16.6. The summed E-state index contributed by atoms with van der Waals surface area (Å²) < 4.78 is 6.44. The zero-order chi connectivity index (χ0) is 41.3. The second-order valence-electron chi connectivity index (χ2n) is 20.9. The molecule has 57 heavy (non-hydrogen) atoms. The van der Waals surface area contributed by atoms with Crippen LogP contribution in [0.3, 0.4) is 0 Å². The molecule has 0 aromatic carbocycles. The molecule has 12 heteroatoms. The van der Waals surface area contributed by atoms with Crippen LogP contribution in [0.1, 0.15) is 111 Å². The maximum atomic E-state index is 14.4. The summed E-state index contributed by atoms with van der Waals surface area (Å²) in [6.45, 7) is 9.65. The summed E-state index contributed by atoms with van der Waals surface area (Å²) in [4.78, 5) is 39.5. The number of hydrogen-bond donors (Lipinski definition) is 5. The fraction of sp³-hybridized carbons (Fsp3) is 0.956. The van der Waals surface area contributed by atoms with E-state index < -0.39 is 24.2 Å². The number of carbonyl (C=O) groups is 2. The highest BCUT2D eigenvalue weighted by molar-refractivity contribution is 5.83. The van der Waals surface area contributed by atoms with Crippen molar-refractivity contribution in [3.05, 3.63) is 0 Å². The van der Waals surface area contributed by atoms with E-state index in [4.69, 9.17) is 9.57 Å². The van der Waals surface area contributed by atoms with Gasteiger partial charge in [-0.25, -0.2) is 0 Å². The van der Waals surface area contributed by atoms with Gasteiger partial charge in [-0.1, -0.05) is 40.0 Å². The number of likely N-dealkylation sites (N-methyl/N-ethyl adjacent to an activating group) is 1. The monoisotopic (exact) mass is 804 g/mol. The van der Waals surface area contributed by atoms with Gasteiger partial charge >= 0.3 is 0 Å². The van der Waals surface area contributed by atoms with Crippen LogP contribution in [-0.4, -0.2) is 146 Å². The molecule has 17 atom stereocenters. The molecular weight excluding hydrogens is 723 g/mol. The van der Waals surface area contributed by atoms with Crippen LogP contribution in [0.2, 0.25) is 0 Å². The molecular formula is C45H81N5O7. The summed E-state index contributed by atoms with van der Waals surface area (Å²) in [6, 6.07) is -0.366. The number of rotatable bonds is 15. The minimum Gasteiger partial charge on any atom is -0.394 e. The Kier molecular flexibility index (Phi) is 15.1. The number of amides is 2. The van der Waals surface area contributed by atoms with Gasteiger partial charge in [-0.3, -0.25) is 14.4 Å². The maximum Gasteiger partial charge on any atom is 0.240 e. The molecule has 2 bridgehead atoms. The van der Waals surface area contributed by atoms with Gasteiger partial charge in [0.05, 0.1) is 24.9 Å². The Labute approximate surface area is 344 Å². The number of hydroxylamine groups is 2. The van der Waals surface area contributed by atoms with E-state index in [-0.39, 0.29) is 72.4 Å². The first kappa shape index (κ1) is 45.2. The average Bonchev–Trinajstić information content (AvgIpc) is 3.54. The fourth-order valence-electron chi connectivity index (χ4n) is 13.2. The van der Waals surface area contributed by atoms with Gasteiger partial charge in [-0.15, -0.1) is 0 Å². The van der Waals surface area contributed by atoms with Crippen molar-refractivity contribution in [2.45, 2.75) is 160 Å². The number of aliphatic hydroxyl groups excluding tert-OH is 3. The van der Waals surface area contributed by atoms with E-state index in [2.05, 4.69) is 69.4 Å². The highest BCUT2D eigenvalue weighted by Gasteiger charge is 2.58. The predicted octanol–water partition coefficient (Wildman–Crippen LogP) is 3.91. The largest absolute Gasteiger partial charge is 0.394 e. The Morgan fingerprint density at radius 3 is 2.30 bits per heavy atom. The molecule has 0 radical (unpaired) electrons. The standard InChI is InChI=1S/C45H81N5O7/c1-26-36-21-32(45(36,3)4)22-37(26)47-44(55)41-40(27(2)52)39(25-51)57-50(41)23-29-14-12-15-35(42(29)56-9)30-17-31(20-34(19-30)49(7)8)43(54)46-33(24-48(5)6)18-28-13-10-11-16-38(28)53/h26-42,51-53H,10-25H2,1-9H3,(H,46,54)(H,47,55)/t26-,27-,28?,29?,30?,31?,32+,33?,34?,35?,36-,37-,38?,39-,40+,41-,42?/m0/s1. The van der Waals surface area contributed by atoms with Gasteiger partial charge in [0.1, 0.15) is 12.1 Å². The number of methoxy groups -OCH3 is 1. The van der Waals surface area contributed by atoms with E-state index in [9.17, 15) is 24.9 Å². The number of fused-ring (bicyclic) bond motifs is 2. The molecule has 0 aromatic heterocycles. The lowest BCUT2D eigenvalue weighted by Crippen LogP contribution is -2.62. The van der Waals surface area contributed by atoms with Crippen LogP contribution in [0, 0.1) is 58.7 Å². The zero-order valence-corrected chi connectivity index (χ0v) is 36.9. The van der Waals surface area contributed by atoms with Gasteiger partial charge in [-0.05, 0) is 140 Å². The molecule has 6 saturated carbocycles. The van der Waals surface area contributed by atoms with Gasteiger partial charge < -0.3 is 40.5 Å². The minimum absolute atomic E-state index is 0.00750. The summed E-state index contributed by atoms with van der Waals surface area (Å²) in [7, 11) is 10.2. The van der Waals surface area contributed by atoms with Crippen molar-refractivity contribution in [1.29, 1.82) is 0 Å². The Hall–Kier alpha value is -1.38. The van der Waals surface area contributed by atoms with E-state index in [1.807, 2.05) is 0 Å².